The van der Waals surface area contributed by atoms with E-state index in [0.717, 1.165) is 38.4 Å². The Bertz CT molecular complexity index is 403. The van der Waals surface area contributed by atoms with Gasteiger partial charge in [0, 0.05) is 38.4 Å². The van der Waals surface area contributed by atoms with E-state index in [9.17, 15) is 4.79 Å². The molecule has 1 aliphatic rings. The van der Waals surface area contributed by atoms with Crippen LogP contribution < -0.4 is 10.6 Å². The number of carbonyl (C=O) groups is 1. The normalized spacial score (nSPS) is 16.3. The molecule has 0 bridgehead atoms. The van der Waals surface area contributed by atoms with Crippen molar-refractivity contribution in [2.75, 3.05) is 38.6 Å². The number of piperazine rings is 1. The third-order valence-electron chi connectivity index (χ3n) is 2.97. The van der Waals surface area contributed by atoms with Gasteiger partial charge in [0.25, 0.3) is 0 Å². The van der Waals surface area contributed by atoms with Crippen molar-refractivity contribution in [3.8, 4) is 0 Å². The molecule has 1 amide bonds. The zero-order valence-corrected chi connectivity index (χ0v) is 10.6. The van der Waals surface area contributed by atoms with Gasteiger partial charge in [0.1, 0.15) is 0 Å². The third kappa shape index (κ3) is 3.72. The molecule has 0 aliphatic carbocycles. The first-order chi connectivity index (χ1) is 8.78. The van der Waals surface area contributed by atoms with Crippen molar-refractivity contribution >= 4 is 11.8 Å². The van der Waals surface area contributed by atoms with E-state index in [0.29, 0.717) is 0 Å². The van der Waals surface area contributed by atoms with E-state index in [1.807, 2.05) is 18.2 Å². The highest BCUT2D eigenvalue weighted by Gasteiger charge is 2.10. The van der Waals surface area contributed by atoms with Crippen LogP contribution in [0.15, 0.2) is 24.3 Å². The fourth-order valence-corrected chi connectivity index (χ4v) is 2.04. The number of hydrogen-bond donors (Lipinski definition) is 2. The van der Waals surface area contributed by atoms with E-state index in [-0.39, 0.29) is 0 Å². The Kier molecular flexibility index (Phi) is 4.55. The molecule has 18 heavy (non-hydrogen) atoms. The van der Waals surface area contributed by atoms with Crippen LogP contribution in [0.1, 0.15) is 5.56 Å². The third-order valence-corrected chi connectivity index (χ3v) is 2.97. The van der Waals surface area contributed by atoms with Crippen molar-refractivity contribution in [3.63, 3.8) is 0 Å². The number of amides is 1. The van der Waals surface area contributed by atoms with Crippen LogP contribution in [0.4, 0.5) is 10.5 Å². The number of benzene rings is 1. The quantitative estimate of drug-likeness (QED) is 0.847. The lowest BCUT2D eigenvalue weighted by atomic mass is 10.2. The molecule has 98 valence electrons. The molecule has 1 fully saturated rings. The molecule has 1 heterocycles. The first-order valence-corrected chi connectivity index (χ1v) is 6.15. The molecule has 1 aliphatic heterocycles. The fraction of sp³-hybridized carbons (Fsp3) is 0.462. The Morgan fingerprint density at radius 3 is 2.94 bits per heavy atom. The average Bonchev–Trinajstić information content (AvgIpc) is 2.40. The van der Waals surface area contributed by atoms with Crippen LogP contribution in [0.3, 0.4) is 0 Å². The molecule has 1 saturated heterocycles. The molecule has 0 saturated carbocycles. The van der Waals surface area contributed by atoms with Gasteiger partial charge in [-0.05, 0) is 17.7 Å². The second kappa shape index (κ2) is 6.37. The minimum atomic E-state index is -0.436. The molecule has 1 aromatic rings. The Morgan fingerprint density at radius 1 is 1.44 bits per heavy atom. The van der Waals surface area contributed by atoms with Crippen molar-refractivity contribution in [1.29, 1.82) is 0 Å². The standard InChI is InChI=1S/C13H19N3O2/c1-18-13(17)15-12-4-2-3-11(9-12)10-16-7-5-14-6-8-16/h2-4,9,14H,5-8,10H2,1H3,(H,15,17). The SMILES string of the molecule is COC(=O)Nc1cccc(CN2CCNCC2)c1. The molecule has 1 aromatic carbocycles. The number of ether oxygens (including phenoxy) is 1. The lowest BCUT2D eigenvalue weighted by molar-refractivity contribution is 0.187. The predicted octanol–water partition coefficient (Wildman–Crippen LogP) is 1.27. The summed E-state index contributed by atoms with van der Waals surface area (Å²) >= 11 is 0. The largest absolute Gasteiger partial charge is 0.453 e. The summed E-state index contributed by atoms with van der Waals surface area (Å²) in [5, 5.41) is 6.01. The molecule has 0 atom stereocenters. The molecule has 5 heteroatoms. The number of rotatable bonds is 3. The van der Waals surface area contributed by atoms with Gasteiger partial charge in [0.05, 0.1) is 7.11 Å². The first-order valence-electron chi connectivity index (χ1n) is 6.15. The predicted molar refractivity (Wildman–Crippen MR) is 70.6 cm³/mol. The van der Waals surface area contributed by atoms with Gasteiger partial charge in [-0.25, -0.2) is 4.79 Å². The number of hydrogen-bond acceptors (Lipinski definition) is 4. The zero-order chi connectivity index (χ0) is 12.8. The number of methoxy groups -OCH3 is 1. The summed E-state index contributed by atoms with van der Waals surface area (Å²) in [7, 11) is 1.36. The van der Waals surface area contributed by atoms with E-state index in [4.69, 9.17) is 0 Å². The van der Waals surface area contributed by atoms with Gasteiger partial charge in [-0.1, -0.05) is 12.1 Å². The van der Waals surface area contributed by atoms with Gasteiger partial charge in [0.15, 0.2) is 0 Å². The number of nitrogens with zero attached hydrogens (tertiary/aromatic N) is 1. The van der Waals surface area contributed by atoms with Crippen molar-refractivity contribution in [1.82, 2.24) is 10.2 Å². The topological polar surface area (TPSA) is 53.6 Å². The molecule has 0 radical (unpaired) electrons. The van der Waals surface area contributed by atoms with Gasteiger partial charge in [-0.3, -0.25) is 10.2 Å². The summed E-state index contributed by atoms with van der Waals surface area (Å²) in [6, 6.07) is 7.87. The number of nitrogens with one attached hydrogen (secondary N) is 2. The Balaban J connectivity index is 1.95. The minimum Gasteiger partial charge on any atom is -0.453 e. The average molecular weight is 249 g/mol. The monoisotopic (exact) mass is 249 g/mol. The summed E-state index contributed by atoms with van der Waals surface area (Å²) < 4.78 is 4.58. The van der Waals surface area contributed by atoms with E-state index in [1.54, 1.807) is 0 Å². The van der Waals surface area contributed by atoms with Crippen molar-refractivity contribution in [2.45, 2.75) is 6.54 Å². The maximum absolute atomic E-state index is 11.1. The van der Waals surface area contributed by atoms with E-state index in [2.05, 4.69) is 26.3 Å². The maximum atomic E-state index is 11.1. The van der Waals surface area contributed by atoms with Crippen LogP contribution >= 0.6 is 0 Å². The molecule has 0 unspecified atom stereocenters. The highest BCUT2D eigenvalue weighted by molar-refractivity contribution is 5.84. The highest BCUT2D eigenvalue weighted by Crippen LogP contribution is 2.13. The Labute approximate surface area is 107 Å². The molecule has 2 rings (SSSR count). The molecule has 0 spiro atoms. The van der Waals surface area contributed by atoms with Gasteiger partial charge in [-0.15, -0.1) is 0 Å². The van der Waals surface area contributed by atoms with Crippen LogP contribution in [-0.2, 0) is 11.3 Å². The van der Waals surface area contributed by atoms with Crippen LogP contribution in [0.25, 0.3) is 0 Å². The van der Waals surface area contributed by atoms with Gasteiger partial charge < -0.3 is 10.1 Å². The number of anilines is 1. The second-order valence-corrected chi connectivity index (χ2v) is 4.34. The Hall–Kier alpha value is -1.59. The van der Waals surface area contributed by atoms with Crippen LogP contribution in [0, 0.1) is 0 Å². The smallest absolute Gasteiger partial charge is 0.411 e. The molecule has 0 aromatic heterocycles. The lowest BCUT2D eigenvalue weighted by Gasteiger charge is -2.27. The molecular weight excluding hydrogens is 230 g/mol. The lowest BCUT2D eigenvalue weighted by Crippen LogP contribution is -2.42. The summed E-state index contributed by atoms with van der Waals surface area (Å²) in [5.41, 5.74) is 1.97. The van der Waals surface area contributed by atoms with E-state index >= 15 is 0 Å². The zero-order valence-electron chi connectivity index (χ0n) is 10.6. The van der Waals surface area contributed by atoms with E-state index < -0.39 is 6.09 Å². The first kappa shape index (κ1) is 12.9. The van der Waals surface area contributed by atoms with Gasteiger partial charge in [0.2, 0.25) is 0 Å². The van der Waals surface area contributed by atoms with Crippen LogP contribution in [0.5, 0.6) is 0 Å². The summed E-state index contributed by atoms with van der Waals surface area (Å²) in [5.74, 6) is 0. The summed E-state index contributed by atoms with van der Waals surface area (Å²) in [6.45, 7) is 5.13. The van der Waals surface area contributed by atoms with Crippen molar-refractivity contribution in [2.24, 2.45) is 0 Å². The molecular formula is C13H19N3O2. The van der Waals surface area contributed by atoms with E-state index in [1.165, 1.54) is 12.7 Å². The minimum absolute atomic E-state index is 0.436. The van der Waals surface area contributed by atoms with Gasteiger partial charge in [-0.2, -0.15) is 0 Å². The number of carbonyl (C=O) groups excluding carboxylic acids is 1. The summed E-state index contributed by atoms with van der Waals surface area (Å²) in [4.78, 5) is 13.5. The highest BCUT2D eigenvalue weighted by atomic mass is 16.5. The molecule has 5 nitrogen and oxygen atoms in total. The van der Waals surface area contributed by atoms with Crippen molar-refractivity contribution < 1.29 is 9.53 Å². The van der Waals surface area contributed by atoms with Crippen LogP contribution in [-0.4, -0.2) is 44.3 Å². The van der Waals surface area contributed by atoms with Gasteiger partial charge >= 0.3 is 6.09 Å². The van der Waals surface area contributed by atoms with Crippen LogP contribution in [0.2, 0.25) is 0 Å². The molecule has 2 N–H and O–H groups in total. The second-order valence-electron chi connectivity index (χ2n) is 4.34. The summed E-state index contributed by atoms with van der Waals surface area (Å²) in [6.07, 6.45) is -0.436. The van der Waals surface area contributed by atoms with Crippen molar-refractivity contribution in [3.05, 3.63) is 29.8 Å². The maximum Gasteiger partial charge on any atom is 0.411 e. The fourth-order valence-electron chi connectivity index (χ4n) is 2.04. The Morgan fingerprint density at radius 2 is 2.22 bits per heavy atom.